The van der Waals surface area contributed by atoms with Crippen molar-refractivity contribution in [3.8, 4) is 0 Å². The smallest absolute Gasteiger partial charge is 0.334 e. The molecule has 0 aromatic heterocycles. The van der Waals surface area contributed by atoms with Crippen LogP contribution in [0.25, 0.3) is 0 Å². The molecule has 0 aliphatic carbocycles. The standard InChI is InChI=1S/C20H22O7/c1-5-10(2)18(23)26-15-8-20(4)16(22)7-13(27-20)12(9-21)6-14-17(15)11(3)19(24)25-14/h5-7,14-15,17,21H,3,8-9H2,1-2,4H3/b10-5-,12-6+/t14-,15-,17-,20+/m0/s1. The Morgan fingerprint density at radius 3 is 2.81 bits per heavy atom. The van der Waals surface area contributed by atoms with Crippen molar-refractivity contribution in [2.75, 3.05) is 6.61 Å². The van der Waals surface area contributed by atoms with Gasteiger partial charge < -0.3 is 19.3 Å². The fourth-order valence-electron chi connectivity index (χ4n) is 3.46. The van der Waals surface area contributed by atoms with E-state index in [1.165, 1.54) is 12.2 Å². The van der Waals surface area contributed by atoms with Gasteiger partial charge in [-0.2, -0.15) is 0 Å². The van der Waals surface area contributed by atoms with E-state index in [9.17, 15) is 19.5 Å². The Labute approximate surface area is 157 Å². The lowest BCUT2D eigenvalue weighted by molar-refractivity contribution is -0.153. The van der Waals surface area contributed by atoms with Crippen LogP contribution in [0, 0.1) is 5.92 Å². The second kappa shape index (κ2) is 6.81. The van der Waals surface area contributed by atoms with E-state index in [1.807, 2.05) is 0 Å². The van der Waals surface area contributed by atoms with Crippen LogP contribution in [0.4, 0.5) is 0 Å². The Morgan fingerprint density at radius 1 is 1.48 bits per heavy atom. The lowest BCUT2D eigenvalue weighted by Gasteiger charge is -2.31. The Kier molecular flexibility index (Phi) is 4.82. The van der Waals surface area contributed by atoms with Crippen molar-refractivity contribution in [3.05, 3.63) is 47.3 Å². The average Bonchev–Trinajstić information content (AvgIpc) is 3.08. The van der Waals surface area contributed by atoms with Gasteiger partial charge >= 0.3 is 11.9 Å². The molecule has 0 saturated carbocycles. The summed E-state index contributed by atoms with van der Waals surface area (Å²) in [6, 6.07) is 0. The number of ketones is 1. The van der Waals surface area contributed by atoms with Crippen LogP contribution < -0.4 is 0 Å². The van der Waals surface area contributed by atoms with Crippen molar-refractivity contribution < 1.29 is 33.7 Å². The molecular formula is C20H22O7. The highest BCUT2D eigenvalue weighted by molar-refractivity contribution is 6.00. The van der Waals surface area contributed by atoms with Gasteiger partial charge in [-0.25, -0.2) is 9.59 Å². The molecule has 144 valence electrons. The molecule has 0 aromatic rings. The Balaban J connectivity index is 2.07. The lowest BCUT2D eigenvalue weighted by atomic mass is 9.82. The van der Waals surface area contributed by atoms with E-state index in [0.29, 0.717) is 11.1 Å². The molecule has 7 heteroatoms. The Bertz CT molecular complexity index is 816. The van der Waals surface area contributed by atoms with E-state index in [1.54, 1.807) is 26.8 Å². The Morgan fingerprint density at radius 2 is 2.19 bits per heavy atom. The van der Waals surface area contributed by atoms with Crippen LogP contribution in [0.2, 0.25) is 0 Å². The second-order valence-electron chi connectivity index (χ2n) is 7.10. The predicted octanol–water partition coefficient (Wildman–Crippen LogP) is 1.53. The topological polar surface area (TPSA) is 99.1 Å². The number of carbonyl (C=O) groups is 3. The predicted molar refractivity (Wildman–Crippen MR) is 94.2 cm³/mol. The SMILES string of the molecule is C=C1C(=O)O[C@H]2/C=C(\CO)C3=CC(=O)[C@@](C)(C[C@H](OC(=O)/C(C)=C\C)[C@@H]12)O3. The molecule has 0 spiro atoms. The van der Waals surface area contributed by atoms with Crippen LogP contribution in [0.5, 0.6) is 0 Å². The highest BCUT2D eigenvalue weighted by Crippen LogP contribution is 2.42. The van der Waals surface area contributed by atoms with Crippen LogP contribution >= 0.6 is 0 Å². The molecule has 1 fully saturated rings. The number of ether oxygens (including phenoxy) is 3. The number of allylic oxidation sites excluding steroid dienone is 1. The number of esters is 2. The maximum absolute atomic E-state index is 12.5. The minimum absolute atomic E-state index is 0.0257. The molecule has 3 heterocycles. The van der Waals surface area contributed by atoms with Gasteiger partial charge in [0.2, 0.25) is 5.78 Å². The van der Waals surface area contributed by atoms with E-state index in [-0.39, 0.29) is 23.5 Å². The molecule has 0 unspecified atom stereocenters. The van der Waals surface area contributed by atoms with Crippen molar-refractivity contribution in [3.63, 3.8) is 0 Å². The summed E-state index contributed by atoms with van der Waals surface area (Å²) >= 11 is 0. The minimum Gasteiger partial charge on any atom is -0.479 e. The van der Waals surface area contributed by atoms with Crippen LogP contribution in [-0.4, -0.2) is 47.2 Å². The number of fused-ring (bicyclic) bond motifs is 3. The quantitative estimate of drug-likeness (QED) is 0.591. The van der Waals surface area contributed by atoms with E-state index < -0.39 is 42.3 Å². The molecule has 0 aromatic carbocycles. The first-order valence-corrected chi connectivity index (χ1v) is 8.71. The summed E-state index contributed by atoms with van der Waals surface area (Å²) in [4.78, 5) is 37.0. The van der Waals surface area contributed by atoms with Crippen LogP contribution in [0.3, 0.4) is 0 Å². The molecule has 0 radical (unpaired) electrons. The van der Waals surface area contributed by atoms with E-state index in [2.05, 4.69) is 6.58 Å². The molecule has 4 atom stereocenters. The number of hydrogen-bond donors (Lipinski definition) is 1. The van der Waals surface area contributed by atoms with Gasteiger partial charge in [0, 0.05) is 29.2 Å². The number of carbonyl (C=O) groups excluding carboxylic acids is 3. The maximum Gasteiger partial charge on any atom is 0.334 e. The summed E-state index contributed by atoms with van der Waals surface area (Å²) in [5.41, 5.74) is -0.385. The zero-order valence-corrected chi connectivity index (χ0v) is 15.5. The molecule has 7 nitrogen and oxygen atoms in total. The van der Waals surface area contributed by atoms with Gasteiger partial charge in [0.05, 0.1) is 12.5 Å². The van der Waals surface area contributed by atoms with Crippen molar-refractivity contribution in [2.45, 2.75) is 45.0 Å². The molecule has 3 aliphatic heterocycles. The molecule has 0 amide bonds. The molecule has 1 N–H and O–H groups in total. The number of aliphatic hydroxyl groups is 1. The lowest BCUT2D eigenvalue weighted by Crippen LogP contribution is -2.42. The van der Waals surface area contributed by atoms with Gasteiger partial charge in [-0.15, -0.1) is 0 Å². The maximum atomic E-state index is 12.5. The Hall–Kier alpha value is -2.67. The van der Waals surface area contributed by atoms with Gasteiger partial charge in [0.25, 0.3) is 0 Å². The summed E-state index contributed by atoms with van der Waals surface area (Å²) in [5, 5.41) is 9.70. The molecule has 3 aliphatic rings. The molecule has 2 bridgehead atoms. The van der Waals surface area contributed by atoms with Gasteiger partial charge in [-0.1, -0.05) is 12.7 Å². The van der Waals surface area contributed by atoms with Crippen molar-refractivity contribution in [2.24, 2.45) is 5.92 Å². The summed E-state index contributed by atoms with van der Waals surface area (Å²) in [7, 11) is 0. The second-order valence-corrected chi connectivity index (χ2v) is 7.10. The molecule has 1 saturated heterocycles. The number of hydrogen-bond acceptors (Lipinski definition) is 7. The van der Waals surface area contributed by atoms with Gasteiger partial charge in [-0.3, -0.25) is 4.79 Å². The van der Waals surface area contributed by atoms with E-state index >= 15 is 0 Å². The molecule has 27 heavy (non-hydrogen) atoms. The average molecular weight is 374 g/mol. The fraction of sp³-hybridized carbons (Fsp3) is 0.450. The first kappa shape index (κ1) is 19.1. The summed E-state index contributed by atoms with van der Waals surface area (Å²) in [6.07, 6.45) is 2.83. The third kappa shape index (κ3) is 3.23. The van der Waals surface area contributed by atoms with Gasteiger partial charge in [-0.05, 0) is 26.8 Å². The zero-order chi connectivity index (χ0) is 19.9. The molecule has 3 rings (SSSR count). The third-order valence-electron chi connectivity index (χ3n) is 5.24. The summed E-state index contributed by atoms with van der Waals surface area (Å²) in [5.74, 6) is -1.90. The van der Waals surface area contributed by atoms with Gasteiger partial charge in [0.1, 0.15) is 18.0 Å². The monoisotopic (exact) mass is 374 g/mol. The van der Waals surface area contributed by atoms with Crippen molar-refractivity contribution >= 4 is 17.7 Å². The van der Waals surface area contributed by atoms with Crippen LogP contribution in [-0.2, 0) is 28.6 Å². The zero-order valence-electron chi connectivity index (χ0n) is 15.5. The first-order chi connectivity index (χ1) is 12.7. The van der Waals surface area contributed by atoms with Crippen molar-refractivity contribution in [1.82, 2.24) is 0 Å². The molecular weight excluding hydrogens is 352 g/mol. The number of aliphatic hydroxyl groups excluding tert-OH is 1. The van der Waals surface area contributed by atoms with Crippen LogP contribution in [0.1, 0.15) is 27.2 Å². The van der Waals surface area contributed by atoms with E-state index in [0.717, 1.165) is 0 Å². The van der Waals surface area contributed by atoms with Crippen molar-refractivity contribution in [1.29, 1.82) is 0 Å². The summed E-state index contributed by atoms with van der Waals surface area (Å²) < 4.78 is 16.8. The fourth-order valence-corrected chi connectivity index (χ4v) is 3.46. The van der Waals surface area contributed by atoms with E-state index in [4.69, 9.17) is 14.2 Å². The minimum atomic E-state index is -1.28. The highest BCUT2D eigenvalue weighted by atomic mass is 16.6. The largest absolute Gasteiger partial charge is 0.479 e. The highest BCUT2D eigenvalue weighted by Gasteiger charge is 2.52. The first-order valence-electron chi connectivity index (χ1n) is 8.71. The number of rotatable bonds is 3. The van der Waals surface area contributed by atoms with Gasteiger partial charge in [0.15, 0.2) is 5.60 Å². The van der Waals surface area contributed by atoms with Crippen LogP contribution in [0.15, 0.2) is 47.3 Å². The normalized spacial score (nSPS) is 35.0. The summed E-state index contributed by atoms with van der Waals surface area (Å²) in [6.45, 7) is 8.31. The third-order valence-corrected chi connectivity index (χ3v) is 5.24.